The first-order valence-corrected chi connectivity index (χ1v) is 5.25. The molecule has 3 heteroatoms. The fourth-order valence-corrected chi connectivity index (χ4v) is 2.55. The lowest BCUT2D eigenvalue weighted by molar-refractivity contribution is -0.122. The molecule has 1 aliphatic carbocycles. The van der Waals surface area contributed by atoms with Crippen LogP contribution in [0.1, 0.15) is 30.7 Å². The summed E-state index contributed by atoms with van der Waals surface area (Å²) in [5.74, 6) is 1.69. The van der Waals surface area contributed by atoms with Gasteiger partial charge in [-0.3, -0.25) is 4.79 Å². The standard InChI is InChI=1S/C12H12O3/c13-7-2-4-11-10(5-7)9-3-1-8(14)6-12(9)15-11/h2,4-5,9,12-13H,1,3,6H2/t9-,12-/m1/s1. The Kier molecular flexibility index (Phi) is 1.75. The summed E-state index contributed by atoms with van der Waals surface area (Å²) in [6, 6.07) is 5.17. The molecule has 78 valence electrons. The Morgan fingerprint density at radius 1 is 1.40 bits per heavy atom. The Morgan fingerprint density at radius 2 is 2.27 bits per heavy atom. The first-order valence-electron chi connectivity index (χ1n) is 5.25. The Balaban J connectivity index is 1.99. The van der Waals surface area contributed by atoms with Crippen molar-refractivity contribution >= 4 is 5.78 Å². The van der Waals surface area contributed by atoms with Crippen molar-refractivity contribution < 1.29 is 14.6 Å². The number of fused-ring (bicyclic) bond motifs is 3. The van der Waals surface area contributed by atoms with Crippen molar-refractivity contribution in [3.63, 3.8) is 0 Å². The number of ether oxygens (including phenoxy) is 1. The number of benzene rings is 1. The van der Waals surface area contributed by atoms with Crippen molar-refractivity contribution in [3.05, 3.63) is 23.8 Å². The zero-order valence-corrected chi connectivity index (χ0v) is 8.27. The summed E-state index contributed by atoms with van der Waals surface area (Å²) in [7, 11) is 0. The summed E-state index contributed by atoms with van der Waals surface area (Å²) < 4.78 is 5.70. The highest BCUT2D eigenvalue weighted by atomic mass is 16.5. The monoisotopic (exact) mass is 204 g/mol. The highest BCUT2D eigenvalue weighted by Gasteiger charge is 2.38. The van der Waals surface area contributed by atoms with E-state index in [-0.39, 0.29) is 17.6 Å². The topological polar surface area (TPSA) is 46.5 Å². The second kappa shape index (κ2) is 2.99. The van der Waals surface area contributed by atoms with Crippen LogP contribution in [0.3, 0.4) is 0 Å². The van der Waals surface area contributed by atoms with Crippen molar-refractivity contribution in [2.45, 2.75) is 31.3 Å². The van der Waals surface area contributed by atoms with Gasteiger partial charge < -0.3 is 9.84 Å². The second-order valence-electron chi connectivity index (χ2n) is 4.27. The van der Waals surface area contributed by atoms with Crippen LogP contribution in [-0.2, 0) is 4.79 Å². The number of ketones is 1. The maximum Gasteiger partial charge on any atom is 0.136 e. The Hall–Kier alpha value is -1.51. The summed E-state index contributed by atoms with van der Waals surface area (Å²) in [6.07, 6.45) is 2.00. The van der Waals surface area contributed by atoms with Gasteiger partial charge in [-0.2, -0.15) is 0 Å². The molecule has 0 unspecified atom stereocenters. The summed E-state index contributed by atoms with van der Waals surface area (Å²) in [5.41, 5.74) is 1.06. The van der Waals surface area contributed by atoms with Gasteiger partial charge in [-0.05, 0) is 24.6 Å². The fraction of sp³-hybridized carbons (Fsp3) is 0.417. The number of phenols is 1. The number of hydrogen-bond acceptors (Lipinski definition) is 3. The molecule has 1 aliphatic heterocycles. The third-order valence-corrected chi connectivity index (χ3v) is 3.28. The van der Waals surface area contributed by atoms with E-state index in [0.717, 1.165) is 17.7 Å². The highest BCUT2D eigenvalue weighted by Crippen LogP contribution is 2.45. The van der Waals surface area contributed by atoms with Crippen LogP contribution in [0.2, 0.25) is 0 Å². The van der Waals surface area contributed by atoms with Crippen LogP contribution < -0.4 is 4.74 Å². The van der Waals surface area contributed by atoms with Crippen molar-refractivity contribution in [1.82, 2.24) is 0 Å². The van der Waals surface area contributed by atoms with Crippen LogP contribution in [0, 0.1) is 0 Å². The maximum absolute atomic E-state index is 11.3. The van der Waals surface area contributed by atoms with Gasteiger partial charge in [0.05, 0.1) is 0 Å². The lowest BCUT2D eigenvalue weighted by atomic mass is 9.83. The largest absolute Gasteiger partial charge is 0.508 e. The fourth-order valence-electron chi connectivity index (χ4n) is 2.55. The molecule has 0 saturated heterocycles. The first-order chi connectivity index (χ1) is 7.24. The molecule has 0 bridgehead atoms. The molecule has 0 radical (unpaired) electrons. The molecule has 2 aliphatic rings. The average molecular weight is 204 g/mol. The minimum absolute atomic E-state index is 0.00282. The molecule has 2 atom stereocenters. The van der Waals surface area contributed by atoms with Gasteiger partial charge in [0.25, 0.3) is 0 Å². The first kappa shape index (κ1) is 8.77. The van der Waals surface area contributed by atoms with Crippen LogP contribution >= 0.6 is 0 Å². The molecule has 0 aromatic heterocycles. The van der Waals surface area contributed by atoms with Gasteiger partial charge in [0.1, 0.15) is 23.4 Å². The van der Waals surface area contributed by atoms with Crippen molar-refractivity contribution in [1.29, 1.82) is 0 Å². The van der Waals surface area contributed by atoms with Gasteiger partial charge in [0.2, 0.25) is 0 Å². The molecular weight excluding hydrogens is 192 g/mol. The van der Waals surface area contributed by atoms with Crippen LogP contribution in [-0.4, -0.2) is 17.0 Å². The van der Waals surface area contributed by atoms with E-state index in [4.69, 9.17) is 4.74 Å². The van der Waals surface area contributed by atoms with Gasteiger partial charge in [-0.1, -0.05) is 0 Å². The van der Waals surface area contributed by atoms with E-state index in [1.165, 1.54) is 0 Å². The van der Waals surface area contributed by atoms with E-state index in [1.807, 2.05) is 0 Å². The molecule has 1 heterocycles. The SMILES string of the molecule is O=C1CC[C@@H]2c3cc(O)ccc3O[C@@H]2C1. The quantitative estimate of drug-likeness (QED) is 0.703. The molecule has 1 saturated carbocycles. The maximum atomic E-state index is 11.3. The number of hydrogen-bond donors (Lipinski definition) is 1. The average Bonchev–Trinajstić information content (AvgIpc) is 2.54. The molecule has 15 heavy (non-hydrogen) atoms. The smallest absolute Gasteiger partial charge is 0.136 e. The molecule has 3 nitrogen and oxygen atoms in total. The van der Waals surface area contributed by atoms with Crippen molar-refractivity contribution in [3.8, 4) is 11.5 Å². The van der Waals surface area contributed by atoms with E-state index in [0.29, 0.717) is 18.8 Å². The molecule has 1 aromatic carbocycles. The molecule has 3 rings (SSSR count). The van der Waals surface area contributed by atoms with E-state index >= 15 is 0 Å². The van der Waals surface area contributed by atoms with Gasteiger partial charge >= 0.3 is 0 Å². The lowest BCUT2D eigenvalue weighted by Gasteiger charge is -2.22. The van der Waals surface area contributed by atoms with Crippen molar-refractivity contribution in [2.24, 2.45) is 0 Å². The minimum atomic E-state index is 0.00282. The summed E-state index contributed by atoms with van der Waals surface area (Å²) in [6.45, 7) is 0. The number of carbonyl (C=O) groups excluding carboxylic acids is 1. The van der Waals surface area contributed by atoms with Gasteiger partial charge in [-0.25, -0.2) is 0 Å². The zero-order chi connectivity index (χ0) is 10.4. The van der Waals surface area contributed by atoms with Gasteiger partial charge in [-0.15, -0.1) is 0 Å². The minimum Gasteiger partial charge on any atom is -0.508 e. The second-order valence-corrected chi connectivity index (χ2v) is 4.27. The predicted octanol–water partition coefficient (Wildman–Crippen LogP) is 1.99. The van der Waals surface area contributed by atoms with E-state index in [9.17, 15) is 9.90 Å². The number of carbonyl (C=O) groups is 1. The zero-order valence-electron chi connectivity index (χ0n) is 8.27. The molecule has 0 spiro atoms. The summed E-state index contributed by atoms with van der Waals surface area (Å²) in [4.78, 5) is 11.3. The molecule has 0 amide bonds. The molecule has 1 fully saturated rings. The van der Waals surface area contributed by atoms with E-state index in [2.05, 4.69) is 0 Å². The van der Waals surface area contributed by atoms with Crippen LogP contribution in [0.15, 0.2) is 18.2 Å². The highest BCUT2D eigenvalue weighted by molar-refractivity contribution is 5.80. The van der Waals surface area contributed by atoms with Gasteiger partial charge in [0.15, 0.2) is 0 Å². The van der Waals surface area contributed by atoms with Crippen molar-refractivity contribution in [2.75, 3.05) is 0 Å². The Bertz CT molecular complexity index is 425. The van der Waals surface area contributed by atoms with Crippen LogP contribution in [0.25, 0.3) is 0 Å². The molecule has 1 aromatic rings. The molecule has 1 N–H and O–H groups in total. The molecular formula is C12H12O3. The number of phenolic OH excluding ortho intramolecular Hbond substituents is 1. The van der Waals surface area contributed by atoms with Gasteiger partial charge in [0, 0.05) is 24.3 Å². The number of Topliss-reactive ketones (excluding diaryl/α,β-unsaturated/α-hetero) is 1. The predicted molar refractivity (Wildman–Crippen MR) is 54.1 cm³/mol. The Labute approximate surface area is 87.7 Å². The summed E-state index contributed by atoms with van der Waals surface area (Å²) >= 11 is 0. The van der Waals surface area contributed by atoms with Crippen LogP contribution in [0.5, 0.6) is 11.5 Å². The van der Waals surface area contributed by atoms with E-state index in [1.54, 1.807) is 18.2 Å². The number of aromatic hydroxyl groups is 1. The number of rotatable bonds is 0. The lowest BCUT2D eigenvalue weighted by Crippen LogP contribution is -2.27. The van der Waals surface area contributed by atoms with Crippen LogP contribution in [0.4, 0.5) is 0 Å². The third-order valence-electron chi connectivity index (χ3n) is 3.28. The van der Waals surface area contributed by atoms with E-state index < -0.39 is 0 Å². The normalized spacial score (nSPS) is 28.1. The summed E-state index contributed by atoms with van der Waals surface area (Å²) in [5, 5.41) is 9.42. The third kappa shape index (κ3) is 1.30. The Morgan fingerprint density at radius 3 is 3.13 bits per heavy atom.